The standard InChI is InChI=1S/C15H23ClN2/c1-15(2,3)11-7-9-12(10-8-11)17-14-6-4-5-13(16)18-14/h4-6,11-12H,7-10H2,1-3H3,(H,17,18). The Bertz CT molecular complexity index is 390. The fraction of sp³-hybridized carbons (Fsp3) is 0.667. The molecule has 1 N–H and O–H groups in total. The molecule has 0 aromatic carbocycles. The summed E-state index contributed by atoms with van der Waals surface area (Å²) in [5.41, 5.74) is 0.444. The van der Waals surface area contributed by atoms with Crippen molar-refractivity contribution in [3.63, 3.8) is 0 Å². The van der Waals surface area contributed by atoms with Crippen molar-refractivity contribution in [3.8, 4) is 0 Å². The van der Waals surface area contributed by atoms with Gasteiger partial charge in [0.1, 0.15) is 11.0 Å². The Morgan fingerprint density at radius 1 is 1.17 bits per heavy atom. The van der Waals surface area contributed by atoms with Gasteiger partial charge in [0, 0.05) is 6.04 Å². The number of nitrogens with zero attached hydrogens (tertiary/aromatic N) is 1. The Labute approximate surface area is 115 Å². The minimum absolute atomic E-state index is 0.444. The molecule has 0 saturated heterocycles. The van der Waals surface area contributed by atoms with Crippen molar-refractivity contribution >= 4 is 17.4 Å². The molecule has 0 bridgehead atoms. The Balaban J connectivity index is 1.87. The third-order valence-electron chi connectivity index (χ3n) is 4.02. The molecule has 1 heterocycles. The highest BCUT2D eigenvalue weighted by molar-refractivity contribution is 6.29. The van der Waals surface area contributed by atoms with Gasteiger partial charge in [0.25, 0.3) is 0 Å². The minimum atomic E-state index is 0.444. The fourth-order valence-electron chi connectivity index (χ4n) is 2.80. The van der Waals surface area contributed by atoms with Crippen LogP contribution in [0.2, 0.25) is 5.15 Å². The minimum Gasteiger partial charge on any atom is -0.367 e. The van der Waals surface area contributed by atoms with Gasteiger partial charge in [-0.05, 0) is 49.1 Å². The molecule has 0 amide bonds. The molecule has 2 nitrogen and oxygen atoms in total. The lowest BCUT2D eigenvalue weighted by Gasteiger charge is -2.37. The second-order valence-electron chi connectivity index (χ2n) is 6.40. The Morgan fingerprint density at radius 2 is 1.83 bits per heavy atom. The van der Waals surface area contributed by atoms with Crippen molar-refractivity contribution in [2.24, 2.45) is 11.3 Å². The van der Waals surface area contributed by atoms with Gasteiger partial charge in [-0.3, -0.25) is 0 Å². The van der Waals surface area contributed by atoms with Gasteiger partial charge in [-0.2, -0.15) is 0 Å². The summed E-state index contributed by atoms with van der Waals surface area (Å²) in [5, 5.41) is 4.06. The van der Waals surface area contributed by atoms with Gasteiger partial charge in [0.2, 0.25) is 0 Å². The number of pyridine rings is 1. The maximum absolute atomic E-state index is 5.89. The van der Waals surface area contributed by atoms with Crippen molar-refractivity contribution in [2.75, 3.05) is 5.32 Å². The molecule has 1 aliphatic rings. The van der Waals surface area contributed by atoms with Crippen LogP contribution in [0.3, 0.4) is 0 Å². The molecule has 1 aromatic rings. The number of anilines is 1. The molecular formula is C15H23ClN2. The van der Waals surface area contributed by atoms with Crippen LogP contribution < -0.4 is 5.32 Å². The van der Waals surface area contributed by atoms with E-state index in [2.05, 4.69) is 31.1 Å². The lowest BCUT2D eigenvalue weighted by molar-refractivity contribution is 0.173. The largest absolute Gasteiger partial charge is 0.367 e. The van der Waals surface area contributed by atoms with Crippen LogP contribution in [-0.4, -0.2) is 11.0 Å². The molecule has 1 aromatic heterocycles. The van der Waals surface area contributed by atoms with E-state index in [0.29, 0.717) is 16.6 Å². The lowest BCUT2D eigenvalue weighted by Crippen LogP contribution is -2.31. The summed E-state index contributed by atoms with van der Waals surface area (Å²) in [6.07, 6.45) is 5.08. The third kappa shape index (κ3) is 3.61. The Morgan fingerprint density at radius 3 is 2.39 bits per heavy atom. The average Bonchev–Trinajstić information content (AvgIpc) is 2.28. The van der Waals surface area contributed by atoms with E-state index >= 15 is 0 Å². The summed E-state index contributed by atoms with van der Waals surface area (Å²) >= 11 is 5.89. The Kier molecular flexibility index (Phi) is 4.16. The fourth-order valence-corrected chi connectivity index (χ4v) is 2.97. The second kappa shape index (κ2) is 5.48. The van der Waals surface area contributed by atoms with Crippen LogP contribution in [0.1, 0.15) is 46.5 Å². The first kappa shape index (κ1) is 13.7. The summed E-state index contributed by atoms with van der Waals surface area (Å²) in [6, 6.07) is 6.29. The zero-order chi connectivity index (χ0) is 13.2. The van der Waals surface area contributed by atoms with E-state index in [9.17, 15) is 0 Å². The molecule has 3 heteroatoms. The number of nitrogens with one attached hydrogen (secondary N) is 1. The van der Waals surface area contributed by atoms with Crippen molar-refractivity contribution in [2.45, 2.75) is 52.5 Å². The van der Waals surface area contributed by atoms with Crippen LogP contribution in [-0.2, 0) is 0 Å². The van der Waals surface area contributed by atoms with Crippen LogP contribution in [0.15, 0.2) is 18.2 Å². The SMILES string of the molecule is CC(C)(C)C1CCC(Nc2cccc(Cl)n2)CC1. The zero-order valence-corrected chi connectivity index (χ0v) is 12.3. The zero-order valence-electron chi connectivity index (χ0n) is 11.5. The molecule has 0 spiro atoms. The predicted molar refractivity (Wildman–Crippen MR) is 78.1 cm³/mol. The van der Waals surface area contributed by atoms with Crippen molar-refractivity contribution < 1.29 is 0 Å². The molecule has 18 heavy (non-hydrogen) atoms. The highest BCUT2D eigenvalue weighted by Crippen LogP contribution is 2.38. The molecule has 0 atom stereocenters. The first-order valence-corrected chi connectivity index (χ1v) is 7.22. The number of halogens is 1. The summed E-state index contributed by atoms with van der Waals surface area (Å²) in [5.74, 6) is 1.75. The van der Waals surface area contributed by atoms with E-state index in [-0.39, 0.29) is 0 Å². The van der Waals surface area contributed by atoms with Gasteiger partial charge in [-0.25, -0.2) is 4.98 Å². The average molecular weight is 267 g/mol. The van der Waals surface area contributed by atoms with E-state index in [4.69, 9.17) is 11.6 Å². The first-order chi connectivity index (χ1) is 8.45. The van der Waals surface area contributed by atoms with Gasteiger partial charge in [0.15, 0.2) is 0 Å². The van der Waals surface area contributed by atoms with Gasteiger partial charge < -0.3 is 5.32 Å². The monoisotopic (exact) mass is 266 g/mol. The van der Waals surface area contributed by atoms with E-state index in [1.807, 2.05) is 18.2 Å². The molecule has 1 aliphatic carbocycles. The molecule has 0 aliphatic heterocycles. The lowest BCUT2D eigenvalue weighted by atomic mass is 9.71. The number of rotatable bonds is 2. The smallest absolute Gasteiger partial charge is 0.131 e. The molecule has 1 fully saturated rings. The van der Waals surface area contributed by atoms with Crippen molar-refractivity contribution in [1.29, 1.82) is 0 Å². The molecular weight excluding hydrogens is 244 g/mol. The van der Waals surface area contributed by atoms with E-state index in [0.717, 1.165) is 11.7 Å². The van der Waals surface area contributed by atoms with Gasteiger partial charge in [0.05, 0.1) is 0 Å². The summed E-state index contributed by atoms with van der Waals surface area (Å²) in [7, 11) is 0. The topological polar surface area (TPSA) is 24.9 Å². The van der Waals surface area contributed by atoms with E-state index in [1.165, 1.54) is 25.7 Å². The maximum atomic E-state index is 5.89. The highest BCUT2D eigenvalue weighted by Gasteiger charge is 2.29. The van der Waals surface area contributed by atoms with Gasteiger partial charge >= 0.3 is 0 Å². The number of hydrogen-bond acceptors (Lipinski definition) is 2. The molecule has 1 saturated carbocycles. The van der Waals surface area contributed by atoms with Crippen molar-refractivity contribution in [3.05, 3.63) is 23.4 Å². The Hall–Kier alpha value is -0.760. The summed E-state index contributed by atoms with van der Waals surface area (Å²) < 4.78 is 0. The van der Waals surface area contributed by atoms with Gasteiger partial charge in [-0.1, -0.05) is 38.4 Å². The quantitative estimate of drug-likeness (QED) is 0.782. The maximum Gasteiger partial charge on any atom is 0.131 e. The molecule has 0 radical (unpaired) electrons. The van der Waals surface area contributed by atoms with Crippen LogP contribution in [0.4, 0.5) is 5.82 Å². The van der Waals surface area contributed by atoms with Crippen LogP contribution >= 0.6 is 11.6 Å². The van der Waals surface area contributed by atoms with Crippen molar-refractivity contribution in [1.82, 2.24) is 4.98 Å². The van der Waals surface area contributed by atoms with Crippen LogP contribution in [0, 0.1) is 11.3 Å². The second-order valence-corrected chi connectivity index (χ2v) is 6.79. The van der Waals surface area contributed by atoms with E-state index in [1.54, 1.807) is 0 Å². The molecule has 2 rings (SSSR count). The first-order valence-electron chi connectivity index (χ1n) is 6.84. The number of hydrogen-bond donors (Lipinski definition) is 1. The van der Waals surface area contributed by atoms with Gasteiger partial charge in [-0.15, -0.1) is 0 Å². The highest BCUT2D eigenvalue weighted by atomic mass is 35.5. The summed E-state index contributed by atoms with van der Waals surface area (Å²) in [6.45, 7) is 7.05. The predicted octanol–water partition coefficient (Wildman–Crippen LogP) is 4.75. The molecule has 100 valence electrons. The third-order valence-corrected chi connectivity index (χ3v) is 4.23. The summed E-state index contributed by atoms with van der Waals surface area (Å²) in [4.78, 5) is 4.29. The van der Waals surface area contributed by atoms with E-state index < -0.39 is 0 Å². The van der Waals surface area contributed by atoms with Crippen LogP contribution in [0.25, 0.3) is 0 Å². The normalized spacial score (nSPS) is 24.9. The van der Waals surface area contributed by atoms with Crippen LogP contribution in [0.5, 0.6) is 0 Å². The number of aromatic nitrogens is 1. The molecule has 0 unspecified atom stereocenters.